The van der Waals surface area contributed by atoms with E-state index in [4.69, 9.17) is 10.9 Å². The van der Waals surface area contributed by atoms with Gasteiger partial charge in [0.05, 0.1) is 18.7 Å². The Morgan fingerprint density at radius 1 is 1.72 bits per heavy atom. The number of carbonyl (C=O) groups excluding carboxylic acids is 1. The van der Waals surface area contributed by atoms with E-state index >= 15 is 0 Å². The third-order valence-corrected chi connectivity index (χ3v) is 2.60. The number of amidine groups is 1. The van der Waals surface area contributed by atoms with Crippen molar-refractivity contribution in [2.24, 2.45) is 16.8 Å². The maximum absolute atomic E-state index is 11.8. The van der Waals surface area contributed by atoms with Gasteiger partial charge in [-0.25, -0.2) is 0 Å². The van der Waals surface area contributed by atoms with E-state index in [0.29, 0.717) is 19.5 Å². The molecule has 1 aromatic rings. The Morgan fingerprint density at radius 2 is 2.44 bits per heavy atom. The van der Waals surface area contributed by atoms with Crippen molar-refractivity contribution in [3.05, 3.63) is 18.0 Å². The molecule has 1 rings (SSSR count). The highest BCUT2D eigenvalue weighted by molar-refractivity contribution is 6.01. The molecule has 1 heterocycles. The van der Waals surface area contributed by atoms with Crippen LogP contribution in [0.2, 0.25) is 0 Å². The Bertz CT molecular complexity index is 427. The molecule has 0 spiro atoms. The molecule has 7 nitrogen and oxygen atoms in total. The highest BCUT2D eigenvalue weighted by atomic mass is 16.4. The normalized spacial score (nSPS) is 13.3. The number of hydrogen-bond donors (Lipinski definition) is 3. The molecule has 1 amide bonds. The molecule has 0 saturated heterocycles. The summed E-state index contributed by atoms with van der Waals surface area (Å²) in [6, 6.07) is 0. The van der Waals surface area contributed by atoms with E-state index in [0.717, 1.165) is 5.56 Å². The molecule has 0 radical (unpaired) electrons. The number of nitrogens with one attached hydrogen (secondary N) is 1. The first-order valence-electron chi connectivity index (χ1n) is 5.82. The molecule has 4 N–H and O–H groups in total. The lowest BCUT2D eigenvalue weighted by Gasteiger charge is -2.13. The summed E-state index contributed by atoms with van der Waals surface area (Å²) in [5.41, 5.74) is 6.51. The van der Waals surface area contributed by atoms with Crippen molar-refractivity contribution >= 4 is 11.7 Å². The molecule has 0 aliphatic carbocycles. The second-order valence-electron chi connectivity index (χ2n) is 4.06. The summed E-state index contributed by atoms with van der Waals surface area (Å²) in [5.74, 6) is -0.893. The predicted octanol–water partition coefficient (Wildman–Crippen LogP) is 0.0803. The number of carbonyl (C=O) groups is 1. The van der Waals surface area contributed by atoms with Crippen LogP contribution in [0.1, 0.15) is 18.9 Å². The van der Waals surface area contributed by atoms with Crippen LogP contribution < -0.4 is 11.1 Å². The zero-order valence-electron chi connectivity index (χ0n) is 10.6. The SMILES string of the molecule is CCC(C(=O)NCCn1cc(C)cn1)/C(N)=N/O. The van der Waals surface area contributed by atoms with Gasteiger partial charge < -0.3 is 16.3 Å². The first kappa shape index (κ1) is 14.0. The molecule has 0 saturated carbocycles. The number of oxime groups is 1. The molecule has 0 bridgehead atoms. The first-order valence-corrected chi connectivity index (χ1v) is 5.82. The third kappa shape index (κ3) is 3.76. The van der Waals surface area contributed by atoms with Crippen LogP contribution in [0.4, 0.5) is 0 Å². The van der Waals surface area contributed by atoms with Gasteiger partial charge in [0, 0.05) is 12.7 Å². The quantitative estimate of drug-likeness (QED) is 0.289. The van der Waals surface area contributed by atoms with E-state index < -0.39 is 5.92 Å². The highest BCUT2D eigenvalue weighted by Crippen LogP contribution is 2.02. The average Bonchev–Trinajstić information content (AvgIpc) is 2.75. The van der Waals surface area contributed by atoms with Crippen molar-refractivity contribution < 1.29 is 10.0 Å². The van der Waals surface area contributed by atoms with Crippen LogP contribution in [0.3, 0.4) is 0 Å². The van der Waals surface area contributed by atoms with Crippen LogP contribution in [-0.2, 0) is 11.3 Å². The smallest absolute Gasteiger partial charge is 0.230 e. The van der Waals surface area contributed by atoms with Crippen LogP contribution in [0.25, 0.3) is 0 Å². The Hall–Kier alpha value is -2.05. The van der Waals surface area contributed by atoms with Gasteiger partial charge in [0.2, 0.25) is 5.91 Å². The Labute approximate surface area is 106 Å². The van der Waals surface area contributed by atoms with Gasteiger partial charge in [-0.15, -0.1) is 0 Å². The van der Waals surface area contributed by atoms with E-state index in [-0.39, 0.29) is 11.7 Å². The molecule has 7 heteroatoms. The summed E-state index contributed by atoms with van der Waals surface area (Å²) in [6.07, 6.45) is 4.14. The fourth-order valence-corrected chi connectivity index (χ4v) is 1.60. The fourth-order valence-electron chi connectivity index (χ4n) is 1.60. The van der Waals surface area contributed by atoms with Crippen LogP contribution >= 0.6 is 0 Å². The minimum absolute atomic E-state index is 0.0649. The fraction of sp³-hybridized carbons (Fsp3) is 0.545. The van der Waals surface area contributed by atoms with Gasteiger partial charge in [0.25, 0.3) is 0 Å². The summed E-state index contributed by atoms with van der Waals surface area (Å²) >= 11 is 0. The molecule has 1 unspecified atom stereocenters. The van der Waals surface area contributed by atoms with E-state index in [1.54, 1.807) is 17.8 Å². The molecule has 1 atom stereocenters. The zero-order chi connectivity index (χ0) is 13.5. The van der Waals surface area contributed by atoms with Crippen molar-refractivity contribution in [2.75, 3.05) is 6.54 Å². The number of aromatic nitrogens is 2. The number of nitrogens with zero attached hydrogens (tertiary/aromatic N) is 3. The van der Waals surface area contributed by atoms with Gasteiger partial charge in [-0.05, 0) is 18.9 Å². The molecule has 100 valence electrons. The average molecular weight is 253 g/mol. The minimum Gasteiger partial charge on any atom is -0.409 e. The molecular formula is C11H19N5O2. The minimum atomic E-state index is -0.589. The van der Waals surface area contributed by atoms with Crippen molar-refractivity contribution in [2.45, 2.75) is 26.8 Å². The Kier molecular flexibility index (Phi) is 5.16. The Morgan fingerprint density at radius 3 is 2.94 bits per heavy atom. The van der Waals surface area contributed by atoms with Gasteiger partial charge in [-0.2, -0.15) is 5.10 Å². The van der Waals surface area contributed by atoms with E-state index in [9.17, 15) is 4.79 Å². The summed E-state index contributed by atoms with van der Waals surface area (Å²) in [4.78, 5) is 11.8. The lowest BCUT2D eigenvalue weighted by molar-refractivity contribution is -0.123. The lowest BCUT2D eigenvalue weighted by Crippen LogP contribution is -2.39. The monoisotopic (exact) mass is 253 g/mol. The van der Waals surface area contributed by atoms with Gasteiger partial charge in [-0.1, -0.05) is 12.1 Å². The van der Waals surface area contributed by atoms with E-state index in [2.05, 4.69) is 15.6 Å². The summed E-state index contributed by atoms with van der Waals surface area (Å²) in [5, 5.41) is 18.3. The molecule has 18 heavy (non-hydrogen) atoms. The summed E-state index contributed by atoms with van der Waals surface area (Å²) in [6.45, 7) is 4.80. The van der Waals surface area contributed by atoms with Crippen molar-refractivity contribution in [3.8, 4) is 0 Å². The maximum atomic E-state index is 11.8. The van der Waals surface area contributed by atoms with Gasteiger partial charge in [-0.3, -0.25) is 9.48 Å². The van der Waals surface area contributed by atoms with Crippen molar-refractivity contribution in [1.82, 2.24) is 15.1 Å². The third-order valence-electron chi connectivity index (χ3n) is 2.60. The topological polar surface area (TPSA) is 106 Å². The van der Waals surface area contributed by atoms with Crippen LogP contribution in [0.15, 0.2) is 17.5 Å². The number of amides is 1. The first-order chi connectivity index (χ1) is 8.58. The number of aryl methyl sites for hydroxylation is 1. The molecule has 0 aromatic carbocycles. The summed E-state index contributed by atoms with van der Waals surface area (Å²) < 4.78 is 1.75. The molecule has 0 aliphatic heterocycles. The standard InChI is InChI=1S/C11H19N5O2/c1-3-9(10(12)15-18)11(17)13-4-5-16-7-8(2)6-14-16/h6-7,9,18H,3-5H2,1-2H3,(H2,12,15)(H,13,17). The number of rotatable bonds is 6. The Balaban J connectivity index is 2.40. The molecule has 0 aliphatic rings. The molecular weight excluding hydrogens is 234 g/mol. The van der Waals surface area contributed by atoms with Gasteiger partial charge in [0.1, 0.15) is 0 Å². The summed E-state index contributed by atoms with van der Waals surface area (Å²) in [7, 11) is 0. The second kappa shape index (κ2) is 6.63. The second-order valence-corrected chi connectivity index (χ2v) is 4.06. The largest absolute Gasteiger partial charge is 0.409 e. The number of hydrogen-bond acceptors (Lipinski definition) is 4. The van der Waals surface area contributed by atoms with Gasteiger partial charge >= 0.3 is 0 Å². The van der Waals surface area contributed by atoms with Crippen LogP contribution in [-0.4, -0.2) is 33.3 Å². The van der Waals surface area contributed by atoms with Crippen molar-refractivity contribution in [1.29, 1.82) is 0 Å². The van der Waals surface area contributed by atoms with E-state index in [1.165, 1.54) is 0 Å². The van der Waals surface area contributed by atoms with Gasteiger partial charge in [0.15, 0.2) is 5.84 Å². The maximum Gasteiger partial charge on any atom is 0.230 e. The predicted molar refractivity (Wildman–Crippen MR) is 67.2 cm³/mol. The van der Waals surface area contributed by atoms with Crippen molar-refractivity contribution in [3.63, 3.8) is 0 Å². The molecule has 1 aromatic heterocycles. The number of nitrogens with two attached hydrogens (primary N) is 1. The highest BCUT2D eigenvalue weighted by Gasteiger charge is 2.20. The van der Waals surface area contributed by atoms with Crippen LogP contribution in [0, 0.1) is 12.8 Å². The van der Waals surface area contributed by atoms with E-state index in [1.807, 2.05) is 13.1 Å². The lowest BCUT2D eigenvalue weighted by atomic mass is 10.1. The molecule has 0 fully saturated rings. The van der Waals surface area contributed by atoms with Crippen LogP contribution in [0.5, 0.6) is 0 Å². The zero-order valence-corrected chi connectivity index (χ0v) is 10.6.